The molecule has 3 rings (SSSR count). The fourth-order valence-corrected chi connectivity index (χ4v) is 4.75. The molecule has 0 unspecified atom stereocenters. The average Bonchev–Trinajstić information content (AvgIpc) is 2.88. The second-order valence-corrected chi connectivity index (χ2v) is 8.27. The van der Waals surface area contributed by atoms with Gasteiger partial charge in [0.1, 0.15) is 5.78 Å². The molecule has 0 saturated carbocycles. The minimum Gasteiger partial charge on any atom is -0.304 e. The van der Waals surface area contributed by atoms with Crippen LogP contribution in [0.25, 0.3) is 0 Å². The van der Waals surface area contributed by atoms with Gasteiger partial charge in [-0.1, -0.05) is 12.1 Å². The lowest BCUT2D eigenvalue weighted by Gasteiger charge is -2.38. The fourth-order valence-electron chi connectivity index (χ4n) is 3.31. The Bertz CT molecular complexity index is 732. The summed E-state index contributed by atoms with van der Waals surface area (Å²) in [6.07, 6.45) is 1.78. The number of hydrogen-bond donors (Lipinski definition) is 1. The van der Waals surface area contributed by atoms with Gasteiger partial charge in [-0.3, -0.25) is 9.59 Å². The molecule has 6 nitrogen and oxygen atoms in total. The quantitative estimate of drug-likeness (QED) is 0.832. The molecule has 2 fully saturated rings. The maximum absolute atomic E-state index is 12.7. The third kappa shape index (κ3) is 3.08. The van der Waals surface area contributed by atoms with Gasteiger partial charge in [-0.25, -0.2) is 8.42 Å². The Kier molecular flexibility index (Phi) is 4.12. The van der Waals surface area contributed by atoms with Crippen LogP contribution >= 0.6 is 0 Å². The van der Waals surface area contributed by atoms with Gasteiger partial charge in [-0.05, 0) is 31.9 Å². The maximum atomic E-state index is 12.7. The summed E-state index contributed by atoms with van der Waals surface area (Å²) in [5.41, 5.74) is 0.275. The van der Waals surface area contributed by atoms with Crippen LogP contribution < -0.4 is 5.32 Å². The number of nitrogens with zero attached hydrogens (tertiary/aromatic N) is 1. The van der Waals surface area contributed by atoms with Crippen LogP contribution in [0.15, 0.2) is 29.2 Å². The van der Waals surface area contributed by atoms with Crippen LogP contribution in [0, 0.1) is 0 Å². The van der Waals surface area contributed by atoms with Crippen molar-refractivity contribution in [2.45, 2.75) is 36.6 Å². The summed E-state index contributed by atoms with van der Waals surface area (Å²) >= 11 is 0. The van der Waals surface area contributed by atoms with Crippen molar-refractivity contribution in [2.75, 3.05) is 19.6 Å². The third-order valence-corrected chi connectivity index (χ3v) is 6.69. The summed E-state index contributed by atoms with van der Waals surface area (Å²) in [7, 11) is -3.55. The molecule has 1 spiro atoms. The zero-order valence-electron chi connectivity index (χ0n) is 13.0. The summed E-state index contributed by atoms with van der Waals surface area (Å²) < 4.78 is 26.8. The largest absolute Gasteiger partial charge is 0.304 e. The van der Waals surface area contributed by atoms with Gasteiger partial charge >= 0.3 is 0 Å². The molecule has 0 radical (unpaired) electrons. The number of nitrogens with one attached hydrogen (secondary N) is 1. The minimum atomic E-state index is -3.55. The van der Waals surface area contributed by atoms with Crippen molar-refractivity contribution >= 4 is 21.6 Å². The van der Waals surface area contributed by atoms with Crippen LogP contribution in [0.2, 0.25) is 0 Å². The van der Waals surface area contributed by atoms with Crippen LogP contribution in [0.1, 0.15) is 36.5 Å². The zero-order chi connectivity index (χ0) is 16.7. The van der Waals surface area contributed by atoms with Crippen LogP contribution in [-0.2, 0) is 14.8 Å². The third-order valence-electron chi connectivity index (χ3n) is 4.77. The summed E-state index contributed by atoms with van der Waals surface area (Å²) in [6, 6.07) is 6.04. The van der Waals surface area contributed by atoms with Crippen LogP contribution in [0.5, 0.6) is 0 Å². The molecule has 7 heteroatoms. The predicted molar refractivity (Wildman–Crippen MR) is 84.8 cm³/mol. The molecule has 23 heavy (non-hydrogen) atoms. The summed E-state index contributed by atoms with van der Waals surface area (Å²) in [5.74, 6) is 0.104. The topological polar surface area (TPSA) is 83.6 Å². The predicted octanol–water partition coefficient (Wildman–Crippen LogP) is 0.975. The Balaban J connectivity index is 1.74. The fraction of sp³-hybridized carbons (Fsp3) is 0.500. The zero-order valence-corrected chi connectivity index (χ0v) is 13.9. The minimum absolute atomic E-state index is 0.0918. The molecule has 1 aromatic rings. The molecule has 0 amide bonds. The van der Waals surface area contributed by atoms with Crippen LogP contribution in [0.3, 0.4) is 0 Å². The first-order valence-corrected chi connectivity index (χ1v) is 9.14. The summed E-state index contributed by atoms with van der Waals surface area (Å²) in [5, 5.41) is 3.24. The average molecular weight is 336 g/mol. The Morgan fingerprint density at radius 2 is 1.78 bits per heavy atom. The molecule has 1 aromatic carbocycles. The Morgan fingerprint density at radius 3 is 2.26 bits per heavy atom. The van der Waals surface area contributed by atoms with E-state index in [1.54, 1.807) is 0 Å². The number of rotatable bonds is 3. The van der Waals surface area contributed by atoms with E-state index < -0.39 is 10.0 Å². The van der Waals surface area contributed by atoms with Crippen molar-refractivity contribution in [1.82, 2.24) is 9.62 Å². The molecular weight excluding hydrogens is 316 g/mol. The van der Waals surface area contributed by atoms with E-state index >= 15 is 0 Å². The Labute approximate surface area is 135 Å². The normalized spacial score (nSPS) is 21.7. The van der Waals surface area contributed by atoms with Crippen LogP contribution in [0.4, 0.5) is 0 Å². The number of sulfonamides is 1. The second kappa shape index (κ2) is 5.81. The summed E-state index contributed by atoms with van der Waals surface area (Å²) in [6.45, 7) is 2.64. The molecule has 1 N–H and O–H groups in total. The molecule has 2 aliphatic heterocycles. The lowest BCUT2D eigenvalue weighted by atomic mass is 9.87. The van der Waals surface area contributed by atoms with Crippen molar-refractivity contribution in [3.8, 4) is 0 Å². The standard InChI is InChI=1S/C16H20N2O4S/c1-12(19)13-2-4-15(5-3-13)23(21,22)18-8-6-16(7-9-18)10-14(20)11-17-16/h2-5,17H,6-11H2,1H3. The molecule has 0 aliphatic carbocycles. The first-order valence-electron chi connectivity index (χ1n) is 7.70. The number of carbonyl (C=O) groups is 2. The SMILES string of the molecule is CC(=O)c1ccc(S(=O)(=O)N2CCC3(CC2)CC(=O)CN3)cc1. The molecule has 124 valence electrons. The van der Waals surface area contributed by atoms with E-state index in [4.69, 9.17) is 0 Å². The van der Waals surface area contributed by atoms with Gasteiger partial charge in [-0.15, -0.1) is 0 Å². The van der Waals surface area contributed by atoms with E-state index in [1.807, 2.05) is 0 Å². The van der Waals surface area contributed by atoms with Gasteiger partial charge in [-0.2, -0.15) is 4.31 Å². The Morgan fingerprint density at radius 1 is 1.17 bits per heavy atom. The molecular formula is C16H20N2O4S. The lowest BCUT2D eigenvalue weighted by Crippen LogP contribution is -2.51. The molecule has 0 atom stereocenters. The van der Waals surface area contributed by atoms with E-state index in [1.165, 1.54) is 35.5 Å². The smallest absolute Gasteiger partial charge is 0.243 e. The van der Waals surface area contributed by atoms with E-state index in [0.29, 0.717) is 44.5 Å². The van der Waals surface area contributed by atoms with Gasteiger partial charge < -0.3 is 5.32 Å². The molecule has 0 bridgehead atoms. The van der Waals surface area contributed by atoms with E-state index in [0.717, 1.165) is 0 Å². The van der Waals surface area contributed by atoms with Crippen molar-refractivity contribution in [2.24, 2.45) is 0 Å². The number of piperidine rings is 1. The van der Waals surface area contributed by atoms with Crippen molar-refractivity contribution in [1.29, 1.82) is 0 Å². The monoisotopic (exact) mass is 336 g/mol. The molecule has 0 aromatic heterocycles. The van der Waals surface area contributed by atoms with Gasteiger partial charge in [0.15, 0.2) is 5.78 Å². The number of Topliss-reactive ketones (excluding diaryl/α,β-unsaturated/α-hetero) is 2. The van der Waals surface area contributed by atoms with Crippen LogP contribution in [-0.4, -0.2) is 49.5 Å². The lowest BCUT2D eigenvalue weighted by molar-refractivity contribution is -0.116. The molecule has 2 heterocycles. The van der Waals surface area contributed by atoms with Crippen molar-refractivity contribution in [3.05, 3.63) is 29.8 Å². The van der Waals surface area contributed by atoms with Gasteiger partial charge in [0.05, 0.1) is 11.4 Å². The van der Waals surface area contributed by atoms with Gasteiger partial charge in [0, 0.05) is 30.6 Å². The van der Waals surface area contributed by atoms with Crippen molar-refractivity contribution in [3.63, 3.8) is 0 Å². The second-order valence-electron chi connectivity index (χ2n) is 6.33. The highest BCUT2D eigenvalue weighted by molar-refractivity contribution is 7.89. The summed E-state index contributed by atoms with van der Waals surface area (Å²) in [4.78, 5) is 23.0. The first-order chi connectivity index (χ1) is 10.8. The van der Waals surface area contributed by atoms with Crippen molar-refractivity contribution < 1.29 is 18.0 Å². The van der Waals surface area contributed by atoms with Gasteiger partial charge in [0.2, 0.25) is 10.0 Å². The maximum Gasteiger partial charge on any atom is 0.243 e. The number of carbonyl (C=O) groups excluding carboxylic acids is 2. The number of ketones is 2. The van der Waals surface area contributed by atoms with E-state index in [2.05, 4.69) is 5.32 Å². The molecule has 2 aliphatic rings. The highest BCUT2D eigenvalue weighted by Crippen LogP contribution is 2.31. The number of hydrogen-bond acceptors (Lipinski definition) is 5. The Hall–Kier alpha value is -1.57. The van der Waals surface area contributed by atoms with E-state index in [-0.39, 0.29) is 22.0 Å². The van der Waals surface area contributed by atoms with Gasteiger partial charge in [0.25, 0.3) is 0 Å². The highest BCUT2D eigenvalue weighted by Gasteiger charge is 2.42. The highest BCUT2D eigenvalue weighted by atomic mass is 32.2. The number of benzene rings is 1. The molecule has 2 saturated heterocycles. The first kappa shape index (κ1) is 16.3. The van der Waals surface area contributed by atoms with E-state index in [9.17, 15) is 18.0 Å².